The Balaban J connectivity index is 1.60. The number of halogens is 1. The highest BCUT2D eigenvalue weighted by Crippen LogP contribution is 2.19. The van der Waals surface area contributed by atoms with Gasteiger partial charge >= 0.3 is 0 Å². The molecule has 0 unspecified atom stereocenters. The zero-order valence-corrected chi connectivity index (χ0v) is 15.3. The highest BCUT2D eigenvalue weighted by atomic mass is 32.1. The summed E-state index contributed by atoms with van der Waals surface area (Å²) in [5.74, 6) is -0.355. The van der Waals surface area contributed by atoms with Crippen LogP contribution in [-0.2, 0) is 13.0 Å². The van der Waals surface area contributed by atoms with E-state index in [2.05, 4.69) is 20.4 Å². The maximum Gasteiger partial charge on any atom is 0.269 e. The van der Waals surface area contributed by atoms with Gasteiger partial charge in [0.2, 0.25) is 5.95 Å². The van der Waals surface area contributed by atoms with Crippen molar-refractivity contribution in [2.75, 3.05) is 26.0 Å². The van der Waals surface area contributed by atoms with E-state index in [4.69, 9.17) is 0 Å². The third kappa shape index (κ3) is 4.70. The average Bonchev–Trinajstić information content (AvgIpc) is 3.24. The number of rotatable bonds is 7. The fourth-order valence-electron chi connectivity index (χ4n) is 2.23. The number of thiazole rings is 1. The van der Waals surface area contributed by atoms with Crippen molar-refractivity contribution in [1.82, 2.24) is 24.6 Å². The van der Waals surface area contributed by atoms with Gasteiger partial charge in [0.25, 0.3) is 5.91 Å². The molecule has 2 heterocycles. The Bertz CT molecular complexity index is 891. The lowest BCUT2D eigenvalue weighted by molar-refractivity contribution is 0.102. The van der Waals surface area contributed by atoms with Crippen LogP contribution in [0.4, 0.5) is 10.3 Å². The van der Waals surface area contributed by atoms with Crippen LogP contribution in [0, 0.1) is 5.82 Å². The molecule has 3 rings (SSSR count). The predicted molar refractivity (Wildman–Crippen MR) is 97.8 cm³/mol. The van der Waals surface area contributed by atoms with Crippen molar-refractivity contribution in [3.05, 3.63) is 58.1 Å². The van der Waals surface area contributed by atoms with Gasteiger partial charge in [-0.05, 0) is 25.7 Å². The molecule has 1 aromatic carbocycles. The summed E-state index contributed by atoms with van der Waals surface area (Å²) < 4.78 is 15.4. The summed E-state index contributed by atoms with van der Waals surface area (Å²) in [5.41, 5.74) is 0.551. The number of hydrogen-bond donors (Lipinski definition) is 1. The summed E-state index contributed by atoms with van der Waals surface area (Å²) in [7, 11) is 3.95. The minimum absolute atomic E-state index is 0.248. The molecule has 0 fully saturated rings. The lowest BCUT2D eigenvalue weighted by atomic mass is 10.1. The molecule has 0 saturated carbocycles. The van der Waals surface area contributed by atoms with Crippen molar-refractivity contribution in [2.24, 2.45) is 0 Å². The third-order valence-electron chi connectivity index (χ3n) is 3.61. The van der Waals surface area contributed by atoms with Gasteiger partial charge in [-0.25, -0.2) is 19.0 Å². The molecule has 0 saturated heterocycles. The molecule has 0 atom stereocenters. The van der Waals surface area contributed by atoms with Crippen LogP contribution in [-0.4, -0.2) is 51.2 Å². The van der Waals surface area contributed by atoms with Crippen LogP contribution in [0.1, 0.15) is 20.2 Å². The minimum Gasteiger partial charge on any atom is -0.308 e. The molecular weight excluding hydrogens is 355 g/mol. The van der Waals surface area contributed by atoms with Crippen molar-refractivity contribution in [3.63, 3.8) is 0 Å². The maximum absolute atomic E-state index is 13.7. The SMILES string of the molecule is CN(C)CCn1cnc(NC(=O)c2cnc(Cc3ccccc3F)s2)n1. The molecule has 0 radical (unpaired) electrons. The van der Waals surface area contributed by atoms with Crippen LogP contribution in [0.5, 0.6) is 0 Å². The summed E-state index contributed by atoms with van der Waals surface area (Å²) in [6.07, 6.45) is 3.41. The fourth-order valence-corrected chi connectivity index (χ4v) is 3.06. The van der Waals surface area contributed by atoms with Gasteiger partial charge < -0.3 is 4.90 Å². The van der Waals surface area contributed by atoms with Crippen molar-refractivity contribution in [2.45, 2.75) is 13.0 Å². The van der Waals surface area contributed by atoms with Gasteiger partial charge in [-0.15, -0.1) is 16.4 Å². The van der Waals surface area contributed by atoms with Crippen molar-refractivity contribution in [3.8, 4) is 0 Å². The van der Waals surface area contributed by atoms with E-state index in [-0.39, 0.29) is 17.7 Å². The highest BCUT2D eigenvalue weighted by molar-refractivity contribution is 7.13. The lowest BCUT2D eigenvalue weighted by Crippen LogP contribution is -2.19. The lowest BCUT2D eigenvalue weighted by Gasteiger charge is -2.07. The Morgan fingerprint density at radius 1 is 1.31 bits per heavy atom. The van der Waals surface area contributed by atoms with Gasteiger partial charge in [0.15, 0.2) is 0 Å². The molecule has 1 amide bonds. The summed E-state index contributed by atoms with van der Waals surface area (Å²) in [5, 5.41) is 7.54. The topological polar surface area (TPSA) is 75.9 Å². The summed E-state index contributed by atoms with van der Waals surface area (Å²) >= 11 is 1.23. The number of amides is 1. The zero-order chi connectivity index (χ0) is 18.5. The first-order chi connectivity index (χ1) is 12.5. The number of carbonyl (C=O) groups is 1. The molecule has 0 aliphatic heterocycles. The first-order valence-corrected chi connectivity index (χ1v) is 8.86. The summed E-state index contributed by atoms with van der Waals surface area (Å²) in [4.78, 5) is 23.1. The molecular formula is C17H19FN6OS. The first-order valence-electron chi connectivity index (χ1n) is 8.05. The molecule has 3 aromatic rings. The normalized spacial score (nSPS) is 11.1. The average molecular weight is 374 g/mol. The van der Waals surface area contributed by atoms with Crippen LogP contribution in [0.2, 0.25) is 0 Å². The van der Waals surface area contributed by atoms with E-state index in [9.17, 15) is 9.18 Å². The molecule has 0 bridgehead atoms. The largest absolute Gasteiger partial charge is 0.308 e. The molecule has 1 N–H and O–H groups in total. The Hall–Kier alpha value is -2.65. The van der Waals surface area contributed by atoms with Gasteiger partial charge in [0, 0.05) is 13.0 Å². The van der Waals surface area contributed by atoms with E-state index >= 15 is 0 Å². The van der Waals surface area contributed by atoms with Crippen LogP contribution in [0.25, 0.3) is 0 Å². The van der Waals surface area contributed by atoms with Crippen molar-refractivity contribution in [1.29, 1.82) is 0 Å². The van der Waals surface area contributed by atoms with E-state index in [1.165, 1.54) is 23.6 Å². The number of hydrogen-bond acceptors (Lipinski definition) is 6. The predicted octanol–water partition coefficient (Wildman–Crippen LogP) is 2.28. The minimum atomic E-state index is -0.326. The maximum atomic E-state index is 13.7. The highest BCUT2D eigenvalue weighted by Gasteiger charge is 2.14. The third-order valence-corrected chi connectivity index (χ3v) is 4.61. The number of anilines is 1. The van der Waals surface area contributed by atoms with Gasteiger partial charge in [-0.1, -0.05) is 18.2 Å². The van der Waals surface area contributed by atoms with E-state index in [1.807, 2.05) is 19.0 Å². The Morgan fingerprint density at radius 3 is 2.88 bits per heavy atom. The van der Waals surface area contributed by atoms with E-state index < -0.39 is 0 Å². The molecule has 0 spiro atoms. The second-order valence-corrected chi connectivity index (χ2v) is 7.09. The van der Waals surface area contributed by atoms with Crippen LogP contribution in [0.15, 0.2) is 36.8 Å². The van der Waals surface area contributed by atoms with Gasteiger partial charge in [-0.2, -0.15) is 0 Å². The van der Waals surface area contributed by atoms with E-state index in [1.54, 1.807) is 29.2 Å². The molecule has 26 heavy (non-hydrogen) atoms. The number of carbonyl (C=O) groups excluding carboxylic acids is 1. The molecule has 136 valence electrons. The number of nitrogens with one attached hydrogen (secondary N) is 1. The summed E-state index contributed by atoms with van der Waals surface area (Å²) in [6, 6.07) is 6.54. The second kappa shape index (κ2) is 8.15. The molecule has 9 heteroatoms. The van der Waals surface area contributed by atoms with Crippen LogP contribution < -0.4 is 5.32 Å². The Morgan fingerprint density at radius 2 is 2.12 bits per heavy atom. The van der Waals surface area contributed by atoms with Crippen molar-refractivity contribution < 1.29 is 9.18 Å². The smallest absolute Gasteiger partial charge is 0.269 e. The van der Waals surface area contributed by atoms with Crippen LogP contribution >= 0.6 is 11.3 Å². The Kier molecular flexibility index (Phi) is 5.69. The molecule has 7 nitrogen and oxygen atoms in total. The zero-order valence-electron chi connectivity index (χ0n) is 14.5. The summed E-state index contributed by atoms with van der Waals surface area (Å²) in [6.45, 7) is 1.51. The standard InChI is InChI=1S/C17H19FN6OS/c1-23(2)7-8-24-11-20-17(22-24)21-16(25)14-10-19-15(26-14)9-12-5-3-4-6-13(12)18/h3-6,10-11H,7-9H2,1-2H3,(H,21,22,25). The van der Waals surface area contributed by atoms with Gasteiger partial charge in [0.1, 0.15) is 17.0 Å². The quantitative estimate of drug-likeness (QED) is 0.687. The van der Waals surface area contributed by atoms with Crippen molar-refractivity contribution >= 4 is 23.2 Å². The number of nitrogens with zero attached hydrogens (tertiary/aromatic N) is 5. The van der Waals surface area contributed by atoms with Gasteiger partial charge in [0.05, 0.1) is 17.7 Å². The molecule has 0 aliphatic carbocycles. The second-order valence-electron chi connectivity index (χ2n) is 5.98. The molecule has 0 aliphatic rings. The first kappa shape index (κ1) is 18.2. The number of likely N-dealkylation sites (N-methyl/N-ethyl adjacent to an activating group) is 1. The number of benzene rings is 1. The Labute approximate surface area is 154 Å². The monoisotopic (exact) mass is 374 g/mol. The van der Waals surface area contributed by atoms with Gasteiger partial charge in [-0.3, -0.25) is 10.1 Å². The van der Waals surface area contributed by atoms with E-state index in [0.29, 0.717) is 28.4 Å². The molecule has 2 aromatic heterocycles. The van der Waals surface area contributed by atoms with Crippen LogP contribution in [0.3, 0.4) is 0 Å². The number of aromatic nitrogens is 4. The van der Waals surface area contributed by atoms with E-state index in [0.717, 1.165) is 6.54 Å². The fraction of sp³-hybridized carbons (Fsp3) is 0.294.